The summed E-state index contributed by atoms with van der Waals surface area (Å²) < 4.78 is 0. The number of carbonyl (C=O) groups is 2. The van der Waals surface area contributed by atoms with Gasteiger partial charge in [0.05, 0.1) is 6.61 Å². The molecule has 0 heterocycles. The summed E-state index contributed by atoms with van der Waals surface area (Å²) in [5, 5.41) is 13.7. The highest BCUT2D eigenvalue weighted by Gasteiger charge is 2.26. The number of rotatable bonds is 10. The van der Waals surface area contributed by atoms with Gasteiger partial charge in [0.2, 0.25) is 0 Å². The molecule has 2 N–H and O–H groups in total. The number of amides is 1. The number of aliphatic hydroxyl groups is 1. The second-order valence-corrected chi connectivity index (χ2v) is 7.85. The van der Waals surface area contributed by atoms with Crippen molar-refractivity contribution >= 4 is 23.3 Å². The number of halogens is 1. The van der Waals surface area contributed by atoms with E-state index < -0.39 is 0 Å². The third-order valence-corrected chi connectivity index (χ3v) is 5.57. The van der Waals surface area contributed by atoms with Crippen LogP contribution >= 0.6 is 11.6 Å². The van der Waals surface area contributed by atoms with Crippen molar-refractivity contribution in [2.24, 2.45) is 5.92 Å². The molecule has 0 aromatic heterocycles. The fraction of sp³-hybridized carbons (Fsp3) is 0.478. The fourth-order valence-electron chi connectivity index (χ4n) is 3.69. The zero-order valence-electron chi connectivity index (χ0n) is 16.7. The first kappa shape index (κ1) is 22.4. The molecule has 0 fully saturated rings. The van der Waals surface area contributed by atoms with E-state index in [-0.39, 0.29) is 30.1 Å². The molecule has 2 unspecified atom stereocenters. The Bertz CT molecular complexity index is 737. The van der Waals surface area contributed by atoms with Crippen LogP contribution in [0.1, 0.15) is 67.8 Å². The minimum absolute atomic E-state index is 0.0520. The smallest absolute Gasteiger partial charge is 0.251 e. The molecule has 1 aromatic rings. The quantitative estimate of drug-likeness (QED) is 0.593. The molecule has 5 heteroatoms. The molecule has 0 spiro atoms. The molecule has 0 saturated heterocycles. The summed E-state index contributed by atoms with van der Waals surface area (Å²) in [5.74, 6) is 0.132. The Kier molecular flexibility index (Phi) is 8.94. The van der Waals surface area contributed by atoms with Gasteiger partial charge in [-0.15, -0.1) is 0 Å². The molecule has 0 saturated carbocycles. The molecule has 0 radical (unpaired) electrons. The predicted molar refractivity (Wildman–Crippen MR) is 114 cm³/mol. The molecule has 1 amide bonds. The molecule has 0 aliphatic heterocycles. The Morgan fingerprint density at radius 1 is 1.14 bits per heavy atom. The van der Waals surface area contributed by atoms with Crippen LogP contribution in [-0.2, 0) is 4.79 Å². The molecule has 28 heavy (non-hydrogen) atoms. The topological polar surface area (TPSA) is 66.4 Å². The first-order valence-corrected chi connectivity index (χ1v) is 10.4. The summed E-state index contributed by atoms with van der Waals surface area (Å²) in [6.07, 6.45) is 7.99. The van der Waals surface area contributed by atoms with Crippen molar-refractivity contribution in [3.8, 4) is 0 Å². The van der Waals surface area contributed by atoms with Crippen LogP contribution < -0.4 is 5.32 Å². The minimum atomic E-state index is -0.173. The van der Waals surface area contributed by atoms with Crippen molar-refractivity contribution < 1.29 is 14.7 Å². The number of nitrogens with one attached hydrogen (secondary N) is 1. The molecule has 152 valence electrons. The summed E-state index contributed by atoms with van der Waals surface area (Å²) in [6.45, 7) is 4.10. The minimum Gasteiger partial charge on any atom is -0.396 e. The van der Waals surface area contributed by atoms with Gasteiger partial charge in [-0.05, 0) is 55.9 Å². The summed E-state index contributed by atoms with van der Waals surface area (Å²) in [5.41, 5.74) is 2.94. The Balaban J connectivity index is 2.14. The van der Waals surface area contributed by atoms with Crippen LogP contribution in [0.2, 0.25) is 0 Å². The van der Waals surface area contributed by atoms with E-state index >= 15 is 0 Å². The molecule has 0 bridgehead atoms. The van der Waals surface area contributed by atoms with Gasteiger partial charge < -0.3 is 10.4 Å². The number of carbonyl (C=O) groups excluding carboxylic acids is 2. The van der Waals surface area contributed by atoms with E-state index in [2.05, 4.69) is 12.2 Å². The van der Waals surface area contributed by atoms with Crippen LogP contribution in [0.3, 0.4) is 0 Å². The SMILES string of the molecule is CCCC(c1ccc(C(=O)NCCC(C)=O)cc1)C(CO)C1=CC=C(Cl)CC1. The van der Waals surface area contributed by atoms with Crippen molar-refractivity contribution in [3.05, 3.63) is 58.1 Å². The van der Waals surface area contributed by atoms with Crippen LogP contribution in [0.15, 0.2) is 47.0 Å². The van der Waals surface area contributed by atoms with E-state index in [1.165, 1.54) is 12.5 Å². The number of benzene rings is 1. The maximum atomic E-state index is 12.2. The van der Waals surface area contributed by atoms with Gasteiger partial charge in [0, 0.05) is 29.5 Å². The lowest BCUT2D eigenvalue weighted by Crippen LogP contribution is -2.25. The molecule has 1 aromatic carbocycles. The van der Waals surface area contributed by atoms with Crippen molar-refractivity contribution in [2.45, 2.75) is 51.9 Å². The molecule has 2 atom stereocenters. The number of allylic oxidation sites excluding steroid dienone is 3. The number of hydrogen-bond acceptors (Lipinski definition) is 3. The van der Waals surface area contributed by atoms with Gasteiger partial charge in [0.25, 0.3) is 5.91 Å². The maximum Gasteiger partial charge on any atom is 0.251 e. The van der Waals surface area contributed by atoms with Crippen LogP contribution in [-0.4, -0.2) is 29.9 Å². The third kappa shape index (κ3) is 6.32. The first-order chi connectivity index (χ1) is 13.5. The van der Waals surface area contributed by atoms with E-state index in [1.807, 2.05) is 36.4 Å². The number of hydrogen-bond donors (Lipinski definition) is 2. The van der Waals surface area contributed by atoms with Crippen molar-refractivity contribution in [1.82, 2.24) is 5.32 Å². The van der Waals surface area contributed by atoms with Crippen molar-refractivity contribution in [3.63, 3.8) is 0 Å². The van der Waals surface area contributed by atoms with E-state index in [4.69, 9.17) is 11.6 Å². The monoisotopic (exact) mass is 403 g/mol. The molecule has 4 nitrogen and oxygen atoms in total. The third-order valence-electron chi connectivity index (χ3n) is 5.25. The molecule has 1 aliphatic carbocycles. The van der Waals surface area contributed by atoms with E-state index in [0.29, 0.717) is 18.5 Å². The van der Waals surface area contributed by atoms with Gasteiger partial charge in [0.15, 0.2) is 0 Å². The Morgan fingerprint density at radius 3 is 2.39 bits per heavy atom. The van der Waals surface area contributed by atoms with E-state index in [9.17, 15) is 14.7 Å². The average molecular weight is 404 g/mol. The number of ketones is 1. The molecule has 2 rings (SSSR count). The van der Waals surface area contributed by atoms with Gasteiger partial charge >= 0.3 is 0 Å². The highest BCUT2D eigenvalue weighted by molar-refractivity contribution is 6.29. The standard InChI is InChI=1S/C23H30ClNO3/c1-3-4-21(22(15-26)18-9-11-20(24)12-10-18)17-5-7-19(8-6-17)23(28)25-14-13-16(2)27/h5-9,11,21-22,26H,3-4,10,12-15H2,1-2H3,(H,25,28). The summed E-state index contributed by atoms with van der Waals surface area (Å²) >= 11 is 6.09. The summed E-state index contributed by atoms with van der Waals surface area (Å²) in [4.78, 5) is 23.2. The summed E-state index contributed by atoms with van der Waals surface area (Å²) in [7, 11) is 0. The first-order valence-electron chi connectivity index (χ1n) is 9.99. The maximum absolute atomic E-state index is 12.2. The van der Waals surface area contributed by atoms with Gasteiger partial charge in [-0.3, -0.25) is 9.59 Å². The predicted octanol–water partition coefficient (Wildman–Crippen LogP) is 4.73. The largest absolute Gasteiger partial charge is 0.396 e. The normalized spacial score (nSPS) is 16.0. The number of Topliss-reactive ketones (excluding diaryl/α,β-unsaturated/α-hetero) is 1. The van der Waals surface area contributed by atoms with E-state index in [0.717, 1.165) is 36.3 Å². The highest BCUT2D eigenvalue weighted by atomic mass is 35.5. The van der Waals surface area contributed by atoms with Gasteiger partial charge in [0.1, 0.15) is 5.78 Å². The molecular weight excluding hydrogens is 374 g/mol. The van der Waals surface area contributed by atoms with Gasteiger partial charge in [-0.2, -0.15) is 0 Å². The van der Waals surface area contributed by atoms with Crippen LogP contribution in [0.25, 0.3) is 0 Å². The fourth-order valence-corrected chi connectivity index (χ4v) is 3.84. The van der Waals surface area contributed by atoms with Gasteiger partial charge in [-0.25, -0.2) is 0 Å². The Morgan fingerprint density at radius 2 is 1.86 bits per heavy atom. The van der Waals surface area contributed by atoms with Gasteiger partial charge in [-0.1, -0.05) is 48.7 Å². The zero-order chi connectivity index (χ0) is 20.5. The van der Waals surface area contributed by atoms with E-state index in [1.54, 1.807) is 0 Å². The van der Waals surface area contributed by atoms with Crippen LogP contribution in [0.5, 0.6) is 0 Å². The lowest BCUT2D eigenvalue weighted by molar-refractivity contribution is -0.116. The highest BCUT2D eigenvalue weighted by Crippen LogP contribution is 2.38. The van der Waals surface area contributed by atoms with Crippen LogP contribution in [0, 0.1) is 5.92 Å². The van der Waals surface area contributed by atoms with Crippen molar-refractivity contribution in [2.75, 3.05) is 13.2 Å². The van der Waals surface area contributed by atoms with Crippen molar-refractivity contribution in [1.29, 1.82) is 0 Å². The molecular formula is C23H30ClNO3. The Labute approximate surface area is 172 Å². The average Bonchev–Trinajstić information content (AvgIpc) is 2.69. The number of aliphatic hydroxyl groups excluding tert-OH is 1. The lowest BCUT2D eigenvalue weighted by Gasteiger charge is -2.29. The zero-order valence-corrected chi connectivity index (χ0v) is 17.5. The second-order valence-electron chi connectivity index (χ2n) is 7.37. The summed E-state index contributed by atoms with van der Waals surface area (Å²) in [6, 6.07) is 7.60. The Hall–Kier alpha value is -1.91. The second kappa shape index (κ2) is 11.2. The molecule has 1 aliphatic rings. The van der Waals surface area contributed by atoms with Crippen LogP contribution in [0.4, 0.5) is 0 Å². The lowest BCUT2D eigenvalue weighted by atomic mass is 9.76.